The second-order valence-electron chi connectivity index (χ2n) is 7.62. The minimum Gasteiger partial charge on any atom is -0.497 e. The second-order valence-corrected chi connectivity index (χ2v) is 8.94. The van der Waals surface area contributed by atoms with Crippen LogP contribution in [0.2, 0.25) is 5.02 Å². The van der Waals surface area contributed by atoms with Crippen LogP contribution in [0.15, 0.2) is 83.4 Å². The molecule has 0 saturated carbocycles. The first kappa shape index (κ1) is 25.4. The van der Waals surface area contributed by atoms with Crippen LogP contribution < -0.4 is 10.1 Å². The van der Waals surface area contributed by atoms with Crippen molar-refractivity contribution in [2.24, 2.45) is 0 Å². The maximum absolute atomic E-state index is 13.1. The van der Waals surface area contributed by atoms with E-state index in [2.05, 4.69) is 5.32 Å². The van der Waals surface area contributed by atoms with E-state index in [1.807, 2.05) is 61.7 Å². The largest absolute Gasteiger partial charge is 0.497 e. The smallest absolute Gasteiger partial charge is 0.257 e. The van der Waals surface area contributed by atoms with Crippen molar-refractivity contribution in [3.63, 3.8) is 0 Å². The van der Waals surface area contributed by atoms with Gasteiger partial charge >= 0.3 is 0 Å². The van der Waals surface area contributed by atoms with E-state index in [4.69, 9.17) is 16.3 Å². The molecular weight excluding hydrogens is 468 g/mol. The molecule has 7 heteroatoms. The summed E-state index contributed by atoms with van der Waals surface area (Å²) >= 11 is 7.61. The van der Waals surface area contributed by atoms with Crippen LogP contribution >= 0.6 is 23.4 Å². The summed E-state index contributed by atoms with van der Waals surface area (Å²) in [5.74, 6) is 0.298. The summed E-state index contributed by atoms with van der Waals surface area (Å²) in [6.07, 6.45) is 2.09. The lowest BCUT2D eigenvalue weighted by Gasteiger charge is -2.23. The fourth-order valence-corrected chi connectivity index (χ4v) is 3.96. The fourth-order valence-electron chi connectivity index (χ4n) is 3.43. The number of carbonyl (C=O) groups is 2. The number of hydrogen-bond donors (Lipinski definition) is 1. The number of hydrogen-bond acceptors (Lipinski definition) is 4. The van der Waals surface area contributed by atoms with Crippen molar-refractivity contribution in [2.45, 2.75) is 18.2 Å². The summed E-state index contributed by atoms with van der Waals surface area (Å²) in [6, 6.07) is 21.9. The highest BCUT2D eigenvalue weighted by molar-refractivity contribution is 7.98. The number of anilines is 1. The minimum absolute atomic E-state index is 0.0848. The van der Waals surface area contributed by atoms with E-state index in [9.17, 15) is 9.59 Å². The topological polar surface area (TPSA) is 58.6 Å². The maximum Gasteiger partial charge on any atom is 0.257 e. The summed E-state index contributed by atoms with van der Waals surface area (Å²) in [4.78, 5) is 28.8. The van der Waals surface area contributed by atoms with Crippen LogP contribution in [-0.2, 0) is 4.79 Å². The van der Waals surface area contributed by atoms with Gasteiger partial charge in [-0.25, -0.2) is 0 Å². The van der Waals surface area contributed by atoms with Crippen LogP contribution in [0.4, 0.5) is 5.69 Å². The van der Waals surface area contributed by atoms with Gasteiger partial charge in [-0.15, -0.1) is 11.8 Å². The first-order valence-electron chi connectivity index (χ1n) is 10.6. The molecule has 0 aliphatic rings. The summed E-state index contributed by atoms with van der Waals surface area (Å²) in [5.41, 5.74) is 3.43. The van der Waals surface area contributed by atoms with Gasteiger partial charge in [0.15, 0.2) is 0 Å². The van der Waals surface area contributed by atoms with Gasteiger partial charge in [0.2, 0.25) is 5.91 Å². The predicted molar refractivity (Wildman–Crippen MR) is 141 cm³/mol. The molecule has 34 heavy (non-hydrogen) atoms. The van der Waals surface area contributed by atoms with E-state index < -0.39 is 0 Å². The molecular formula is C27H27ClN2O3S. The lowest BCUT2D eigenvalue weighted by atomic mass is 9.99. The molecule has 0 atom stereocenters. The van der Waals surface area contributed by atoms with E-state index in [0.29, 0.717) is 22.0 Å². The minimum atomic E-state index is -0.192. The zero-order chi connectivity index (χ0) is 24.7. The van der Waals surface area contributed by atoms with Gasteiger partial charge in [-0.1, -0.05) is 23.7 Å². The number of rotatable bonds is 8. The van der Waals surface area contributed by atoms with E-state index in [-0.39, 0.29) is 18.2 Å². The van der Waals surface area contributed by atoms with Gasteiger partial charge in [0, 0.05) is 33.9 Å². The molecule has 0 aliphatic heterocycles. The van der Waals surface area contributed by atoms with Crippen LogP contribution in [-0.4, -0.2) is 37.1 Å². The number of methoxy groups -OCH3 is 1. The molecule has 0 saturated heterocycles. The Balaban J connectivity index is 1.92. The Morgan fingerprint density at radius 1 is 1.00 bits per heavy atom. The van der Waals surface area contributed by atoms with E-state index in [1.165, 1.54) is 0 Å². The second kappa shape index (κ2) is 11.8. The quantitative estimate of drug-likeness (QED) is 0.358. The first-order chi connectivity index (χ1) is 16.3. The lowest BCUT2D eigenvalue weighted by Crippen LogP contribution is -2.26. The molecule has 3 rings (SSSR count). The molecule has 2 amide bonds. The SMILES string of the molecule is COc1cccc(/C(CC(=O)Nc2ccc(SC)cc2)=C(/C)N(C)C(=O)c2ccc(Cl)cc2)c1. The first-order valence-corrected chi connectivity index (χ1v) is 12.2. The monoisotopic (exact) mass is 494 g/mol. The summed E-state index contributed by atoms with van der Waals surface area (Å²) in [7, 11) is 3.29. The van der Waals surface area contributed by atoms with Gasteiger partial charge in [-0.3, -0.25) is 9.59 Å². The van der Waals surface area contributed by atoms with Gasteiger partial charge in [-0.2, -0.15) is 0 Å². The molecule has 0 heterocycles. The molecule has 0 aliphatic carbocycles. The summed E-state index contributed by atoms with van der Waals surface area (Å²) < 4.78 is 5.38. The highest BCUT2D eigenvalue weighted by Crippen LogP contribution is 2.28. The zero-order valence-electron chi connectivity index (χ0n) is 19.6. The normalized spacial score (nSPS) is 11.4. The number of allylic oxidation sites excluding steroid dienone is 1. The molecule has 5 nitrogen and oxygen atoms in total. The lowest BCUT2D eigenvalue weighted by molar-refractivity contribution is -0.115. The molecule has 0 radical (unpaired) electrons. The van der Waals surface area contributed by atoms with Crippen LogP contribution in [0.3, 0.4) is 0 Å². The maximum atomic E-state index is 13.1. The summed E-state index contributed by atoms with van der Waals surface area (Å²) in [6.45, 7) is 1.84. The number of halogens is 1. The van der Waals surface area contributed by atoms with E-state index in [0.717, 1.165) is 21.7 Å². The van der Waals surface area contributed by atoms with Crippen molar-refractivity contribution in [2.75, 3.05) is 25.7 Å². The average molecular weight is 495 g/mol. The molecule has 3 aromatic rings. The van der Waals surface area contributed by atoms with Crippen molar-refractivity contribution >= 4 is 46.4 Å². The third-order valence-corrected chi connectivity index (χ3v) is 6.46. The zero-order valence-corrected chi connectivity index (χ0v) is 21.2. The number of thioether (sulfide) groups is 1. The van der Waals surface area contributed by atoms with Crippen molar-refractivity contribution in [3.05, 3.63) is 94.6 Å². The van der Waals surface area contributed by atoms with Crippen molar-refractivity contribution in [1.82, 2.24) is 4.90 Å². The van der Waals surface area contributed by atoms with Crippen LogP contribution in [0.5, 0.6) is 5.75 Å². The molecule has 1 N–H and O–H groups in total. The summed E-state index contributed by atoms with van der Waals surface area (Å²) in [5, 5.41) is 3.51. The van der Waals surface area contributed by atoms with Gasteiger partial charge in [-0.05, 0) is 85.0 Å². The van der Waals surface area contributed by atoms with Crippen LogP contribution in [0.1, 0.15) is 29.3 Å². The van der Waals surface area contributed by atoms with E-state index in [1.54, 1.807) is 55.1 Å². The Bertz CT molecular complexity index is 1190. The van der Waals surface area contributed by atoms with Gasteiger partial charge in [0.05, 0.1) is 13.5 Å². The standard InChI is InChI=1S/C27H27ClN2O3S/c1-18(30(2)27(32)19-8-10-21(28)11-9-19)25(20-6-5-7-23(16-20)33-3)17-26(31)29-22-12-14-24(34-4)15-13-22/h5-16H,17H2,1-4H3,(H,29,31)/b25-18-. The highest BCUT2D eigenvalue weighted by atomic mass is 35.5. The molecule has 0 unspecified atom stereocenters. The van der Waals surface area contributed by atoms with E-state index >= 15 is 0 Å². The molecule has 0 fully saturated rings. The molecule has 0 spiro atoms. The van der Waals surface area contributed by atoms with Crippen molar-refractivity contribution < 1.29 is 14.3 Å². The molecule has 0 bridgehead atoms. The Hall–Kier alpha value is -3.22. The van der Waals surface area contributed by atoms with Crippen LogP contribution in [0, 0.1) is 0 Å². The fraction of sp³-hybridized carbons (Fsp3) is 0.185. The third kappa shape index (κ3) is 6.43. The van der Waals surface area contributed by atoms with Crippen LogP contribution in [0.25, 0.3) is 5.57 Å². The average Bonchev–Trinajstić information content (AvgIpc) is 2.87. The van der Waals surface area contributed by atoms with Gasteiger partial charge < -0.3 is 15.0 Å². The Kier molecular flexibility index (Phi) is 8.79. The number of nitrogens with one attached hydrogen (secondary N) is 1. The number of amides is 2. The third-order valence-electron chi connectivity index (χ3n) is 5.46. The van der Waals surface area contributed by atoms with Gasteiger partial charge in [0.1, 0.15) is 5.75 Å². The van der Waals surface area contributed by atoms with Crippen molar-refractivity contribution in [3.8, 4) is 5.75 Å². The Morgan fingerprint density at radius 3 is 2.29 bits per heavy atom. The Labute approximate surface area is 209 Å². The highest BCUT2D eigenvalue weighted by Gasteiger charge is 2.19. The van der Waals surface area contributed by atoms with Crippen molar-refractivity contribution in [1.29, 1.82) is 0 Å². The number of ether oxygens (including phenoxy) is 1. The van der Waals surface area contributed by atoms with Gasteiger partial charge in [0.25, 0.3) is 5.91 Å². The molecule has 3 aromatic carbocycles. The molecule has 176 valence electrons. The predicted octanol–water partition coefficient (Wildman–Crippen LogP) is 6.60. The number of carbonyl (C=O) groups excluding carboxylic acids is 2. The Morgan fingerprint density at radius 2 is 1.68 bits per heavy atom. The number of nitrogens with zero attached hydrogens (tertiary/aromatic N) is 1. The molecule has 0 aromatic heterocycles. The number of benzene rings is 3.